The Kier molecular flexibility index (Phi) is 4.79. The van der Waals surface area contributed by atoms with Crippen LogP contribution in [0.1, 0.15) is 15.9 Å². The molecule has 4 nitrogen and oxygen atoms in total. The van der Waals surface area contributed by atoms with E-state index < -0.39 is 87.1 Å². The van der Waals surface area contributed by atoms with Crippen molar-refractivity contribution in [2.24, 2.45) is 0 Å². The Morgan fingerprint density at radius 1 is 1.00 bits per heavy atom. The average Bonchev–Trinajstić information content (AvgIpc) is 3.16. The molecule has 0 unspecified atom stereocenters. The number of hydrogen-bond donors (Lipinski definition) is 0. The molecule has 1 aliphatic carbocycles. The Morgan fingerprint density at radius 2 is 1.60 bits per heavy atom. The molecule has 0 saturated carbocycles. The summed E-state index contributed by atoms with van der Waals surface area (Å²) in [5.41, 5.74) is -6.63. The third kappa shape index (κ3) is 3.22. The molecule has 1 aliphatic heterocycles. The molecule has 0 bridgehead atoms. The highest BCUT2D eigenvalue weighted by Crippen LogP contribution is 2.59. The molecule has 2 aromatic rings. The molecule has 1 fully saturated rings. The van der Waals surface area contributed by atoms with E-state index in [1.807, 2.05) is 0 Å². The van der Waals surface area contributed by atoms with E-state index in [2.05, 4.69) is 0 Å². The van der Waals surface area contributed by atoms with Gasteiger partial charge in [0.15, 0.2) is 0 Å². The molecular weight excluding hydrogens is 445 g/mol. The average molecular weight is 454 g/mol. The van der Waals surface area contributed by atoms with Crippen LogP contribution in [0.3, 0.4) is 0 Å². The van der Waals surface area contributed by atoms with Crippen molar-refractivity contribution in [1.29, 1.82) is 0 Å². The molecule has 0 N–H and O–H groups in total. The van der Waals surface area contributed by atoms with Gasteiger partial charge in [-0.1, -0.05) is 0 Å². The molecule has 12 heteroatoms. The summed E-state index contributed by atoms with van der Waals surface area (Å²) in [7, 11) is 0. The Labute approximate surface area is 167 Å². The first kappa shape index (κ1) is 20.9. The fourth-order valence-corrected chi connectivity index (χ4v) is 4.05. The van der Waals surface area contributed by atoms with Crippen LogP contribution >= 0.6 is 11.8 Å². The van der Waals surface area contributed by atoms with Crippen LogP contribution in [0.2, 0.25) is 0 Å². The minimum atomic E-state index is -4.87. The van der Waals surface area contributed by atoms with E-state index in [1.165, 1.54) is 0 Å². The molecule has 1 heterocycles. The van der Waals surface area contributed by atoms with E-state index in [0.29, 0.717) is 18.2 Å². The largest absolute Gasteiger partial charge is 0.456 e. The summed E-state index contributed by atoms with van der Waals surface area (Å²) in [6.45, 7) is -0.781. The monoisotopic (exact) mass is 454 g/mol. The lowest BCUT2D eigenvalue weighted by molar-refractivity contribution is -0.271. The number of carbonyl (C=O) groups is 1. The summed E-state index contributed by atoms with van der Waals surface area (Å²) in [5, 5.41) is 0. The number of Topliss-reactive ketones (excluding diaryl/α,β-unsaturated/α-hetero) is 1. The maximum Gasteiger partial charge on any atom is 0.446 e. The van der Waals surface area contributed by atoms with Gasteiger partial charge in [-0.3, -0.25) is 4.79 Å². The minimum Gasteiger partial charge on any atom is -0.456 e. The van der Waals surface area contributed by atoms with E-state index in [0.717, 1.165) is 12.1 Å². The number of carbonyl (C=O) groups excluding carboxylic acids is 1. The fourth-order valence-electron chi connectivity index (χ4n) is 3.33. The number of benzene rings is 2. The summed E-state index contributed by atoms with van der Waals surface area (Å²) in [5.74, 6) is -12.5. The Bertz CT molecular complexity index is 1010. The van der Waals surface area contributed by atoms with Gasteiger partial charge in [-0.05, 0) is 23.9 Å². The van der Waals surface area contributed by atoms with E-state index >= 15 is 0 Å². The third-order valence-electron chi connectivity index (χ3n) is 4.37. The van der Waals surface area contributed by atoms with E-state index in [9.17, 15) is 35.5 Å². The third-order valence-corrected chi connectivity index (χ3v) is 5.16. The molecule has 1 spiro atoms. The van der Waals surface area contributed by atoms with Gasteiger partial charge in [0.25, 0.3) is 5.79 Å². The van der Waals surface area contributed by atoms with Crippen LogP contribution in [0, 0.1) is 11.6 Å². The first-order valence-corrected chi connectivity index (χ1v) is 9.04. The number of fused-ring (bicyclic) bond motifs is 2. The number of ketones is 1. The highest BCUT2D eigenvalue weighted by molar-refractivity contribution is 8.00. The van der Waals surface area contributed by atoms with Gasteiger partial charge < -0.3 is 14.2 Å². The Balaban J connectivity index is 1.92. The standard InChI is InChI=1S/C18H9F7O4S/c19-8-5-9(20)7-10(6-8)29-11-1-2-12(30-18(23,24)25)14-13(11)15(26)16(21,22)17(14)27-3-4-28-17/h1-2,5-7H,3-4H2. The van der Waals surface area contributed by atoms with Crippen LogP contribution in [0.5, 0.6) is 11.5 Å². The van der Waals surface area contributed by atoms with Gasteiger partial charge in [0.1, 0.15) is 23.1 Å². The first-order valence-electron chi connectivity index (χ1n) is 8.22. The van der Waals surface area contributed by atoms with Crippen molar-refractivity contribution in [2.75, 3.05) is 13.2 Å². The minimum absolute atomic E-state index is 0.390. The van der Waals surface area contributed by atoms with E-state index in [1.54, 1.807) is 0 Å². The van der Waals surface area contributed by atoms with Gasteiger partial charge in [0.05, 0.1) is 18.8 Å². The molecule has 1 saturated heterocycles. The van der Waals surface area contributed by atoms with Crippen molar-refractivity contribution in [3.8, 4) is 11.5 Å². The molecule has 30 heavy (non-hydrogen) atoms. The van der Waals surface area contributed by atoms with Gasteiger partial charge >= 0.3 is 11.4 Å². The van der Waals surface area contributed by atoms with Gasteiger partial charge in [0.2, 0.25) is 5.78 Å². The molecule has 0 atom stereocenters. The molecular formula is C18H9F7O4S. The maximum absolute atomic E-state index is 14.9. The Morgan fingerprint density at radius 3 is 2.17 bits per heavy atom. The quantitative estimate of drug-likeness (QED) is 0.459. The number of rotatable bonds is 3. The highest BCUT2D eigenvalue weighted by atomic mass is 32.2. The zero-order chi connectivity index (χ0) is 21.9. The second-order valence-electron chi connectivity index (χ2n) is 6.28. The van der Waals surface area contributed by atoms with Crippen LogP contribution in [-0.4, -0.2) is 30.4 Å². The highest BCUT2D eigenvalue weighted by Gasteiger charge is 2.72. The zero-order valence-corrected chi connectivity index (χ0v) is 15.3. The fraction of sp³-hybridized carbons (Fsp3) is 0.278. The molecule has 2 aliphatic rings. The van der Waals surface area contributed by atoms with E-state index in [4.69, 9.17) is 14.2 Å². The van der Waals surface area contributed by atoms with Crippen LogP contribution in [-0.2, 0) is 15.3 Å². The van der Waals surface area contributed by atoms with Crippen LogP contribution in [0.25, 0.3) is 0 Å². The van der Waals surface area contributed by atoms with Gasteiger partial charge in [-0.15, -0.1) is 0 Å². The van der Waals surface area contributed by atoms with Crippen molar-refractivity contribution in [3.63, 3.8) is 0 Å². The normalized spacial score (nSPS) is 19.4. The van der Waals surface area contributed by atoms with Gasteiger partial charge in [-0.25, -0.2) is 8.78 Å². The molecule has 0 amide bonds. The summed E-state index contributed by atoms with van der Waals surface area (Å²) in [6.07, 6.45) is 0. The summed E-state index contributed by atoms with van der Waals surface area (Å²) < 4.78 is 111. The number of ether oxygens (including phenoxy) is 3. The lowest BCUT2D eigenvalue weighted by Gasteiger charge is -2.29. The second-order valence-corrected chi connectivity index (χ2v) is 7.39. The van der Waals surface area contributed by atoms with Crippen molar-refractivity contribution >= 4 is 17.5 Å². The van der Waals surface area contributed by atoms with Crippen LogP contribution < -0.4 is 4.74 Å². The van der Waals surface area contributed by atoms with E-state index in [-0.39, 0.29) is 0 Å². The number of hydrogen-bond acceptors (Lipinski definition) is 5. The summed E-state index contributed by atoms with van der Waals surface area (Å²) >= 11 is -0.732. The second kappa shape index (κ2) is 6.86. The number of halogens is 7. The molecule has 0 radical (unpaired) electrons. The summed E-state index contributed by atoms with van der Waals surface area (Å²) in [4.78, 5) is 11.8. The SMILES string of the molecule is O=C1c2c(Oc3cc(F)cc(F)c3)ccc(SC(F)(F)F)c2C2(OCCO2)C1(F)F. The first-order chi connectivity index (χ1) is 13.9. The lowest BCUT2D eigenvalue weighted by atomic mass is 10.1. The van der Waals surface area contributed by atoms with Crippen molar-refractivity contribution in [2.45, 2.75) is 22.1 Å². The molecule has 160 valence electrons. The smallest absolute Gasteiger partial charge is 0.446 e. The van der Waals surface area contributed by atoms with Crippen molar-refractivity contribution < 1.29 is 49.7 Å². The summed E-state index contributed by atoms with van der Waals surface area (Å²) in [6, 6.07) is 3.57. The topological polar surface area (TPSA) is 44.8 Å². The predicted molar refractivity (Wildman–Crippen MR) is 87.6 cm³/mol. The Hall–Kier alpha value is -2.31. The molecule has 2 aromatic carbocycles. The predicted octanol–water partition coefficient (Wildman–Crippen LogP) is 5.40. The van der Waals surface area contributed by atoms with Crippen LogP contribution in [0.4, 0.5) is 30.7 Å². The maximum atomic E-state index is 14.9. The molecule has 4 rings (SSSR count). The number of alkyl halides is 5. The zero-order valence-electron chi connectivity index (χ0n) is 14.5. The molecule has 0 aromatic heterocycles. The van der Waals surface area contributed by atoms with Crippen LogP contribution in [0.15, 0.2) is 35.2 Å². The van der Waals surface area contributed by atoms with Gasteiger partial charge in [-0.2, -0.15) is 22.0 Å². The van der Waals surface area contributed by atoms with Crippen molar-refractivity contribution in [1.82, 2.24) is 0 Å². The number of thioether (sulfide) groups is 1. The van der Waals surface area contributed by atoms with Crippen molar-refractivity contribution in [3.05, 3.63) is 53.1 Å². The lowest BCUT2D eigenvalue weighted by Crippen LogP contribution is -2.46. The van der Waals surface area contributed by atoms with Gasteiger partial charge in [0, 0.05) is 28.7 Å².